The second kappa shape index (κ2) is 5.48. The topological polar surface area (TPSA) is 73.0 Å². The Hall–Kier alpha value is -2.11. The van der Waals surface area contributed by atoms with Crippen LogP contribution in [0.25, 0.3) is 0 Å². The molecule has 0 bridgehead atoms. The van der Waals surface area contributed by atoms with E-state index < -0.39 is 0 Å². The molecule has 0 fully saturated rings. The van der Waals surface area contributed by atoms with Gasteiger partial charge in [-0.2, -0.15) is 5.10 Å². The van der Waals surface area contributed by atoms with Gasteiger partial charge >= 0.3 is 0 Å². The first-order valence-corrected chi connectivity index (χ1v) is 6.66. The molecule has 108 valence electrons. The molecule has 0 aliphatic carbocycles. The van der Waals surface area contributed by atoms with Crippen molar-refractivity contribution in [3.05, 3.63) is 35.3 Å². The molecule has 2 heterocycles. The Morgan fingerprint density at radius 1 is 1.35 bits per heavy atom. The summed E-state index contributed by atoms with van der Waals surface area (Å²) in [5.74, 6) is -0.137. The summed E-state index contributed by atoms with van der Waals surface area (Å²) in [5, 5.41) is 7.34. The van der Waals surface area contributed by atoms with Crippen molar-refractivity contribution in [1.82, 2.24) is 20.1 Å². The molecule has 2 aromatic rings. The highest BCUT2D eigenvalue weighted by molar-refractivity contribution is 5.96. The predicted octanol–water partition coefficient (Wildman–Crippen LogP) is 2.56. The Balaban J connectivity index is 2.22. The van der Waals surface area contributed by atoms with E-state index in [9.17, 15) is 4.79 Å². The largest absolute Gasteiger partial charge is 0.451 e. The monoisotopic (exact) mass is 276 g/mol. The van der Waals surface area contributed by atoms with Crippen molar-refractivity contribution in [3.8, 4) is 0 Å². The summed E-state index contributed by atoms with van der Waals surface area (Å²) in [7, 11) is 0. The fourth-order valence-corrected chi connectivity index (χ4v) is 2.27. The van der Waals surface area contributed by atoms with Crippen LogP contribution < -0.4 is 5.32 Å². The number of aryl methyl sites for hydroxylation is 1. The highest BCUT2D eigenvalue weighted by Gasteiger charge is 2.21. The molecule has 20 heavy (non-hydrogen) atoms. The Morgan fingerprint density at radius 3 is 2.55 bits per heavy atom. The molecule has 0 saturated carbocycles. The van der Waals surface area contributed by atoms with Gasteiger partial charge in [-0.25, -0.2) is 4.98 Å². The molecular weight excluding hydrogens is 256 g/mol. The van der Waals surface area contributed by atoms with Gasteiger partial charge in [0.15, 0.2) is 6.39 Å². The highest BCUT2D eigenvalue weighted by Crippen LogP contribution is 2.18. The maximum atomic E-state index is 12.4. The van der Waals surface area contributed by atoms with Crippen molar-refractivity contribution in [2.45, 2.75) is 46.7 Å². The molecule has 0 aliphatic heterocycles. The van der Waals surface area contributed by atoms with Crippen LogP contribution in [0.1, 0.15) is 60.3 Å². The van der Waals surface area contributed by atoms with Crippen LogP contribution in [0.5, 0.6) is 0 Å². The number of amides is 1. The summed E-state index contributed by atoms with van der Waals surface area (Å²) in [5.41, 5.74) is 2.95. The van der Waals surface area contributed by atoms with E-state index in [1.165, 1.54) is 12.7 Å². The predicted molar refractivity (Wildman–Crippen MR) is 74.5 cm³/mol. The van der Waals surface area contributed by atoms with Gasteiger partial charge in [-0.3, -0.25) is 9.48 Å². The minimum absolute atomic E-state index is 0.137. The van der Waals surface area contributed by atoms with E-state index in [0.29, 0.717) is 11.3 Å². The molecule has 2 rings (SSSR count). The number of nitrogens with zero attached hydrogens (tertiary/aromatic N) is 3. The van der Waals surface area contributed by atoms with Gasteiger partial charge in [-0.05, 0) is 34.6 Å². The summed E-state index contributed by atoms with van der Waals surface area (Å²) >= 11 is 0. The minimum Gasteiger partial charge on any atom is -0.451 e. The summed E-state index contributed by atoms with van der Waals surface area (Å²) in [6, 6.07) is 0.0191. The van der Waals surface area contributed by atoms with Crippen LogP contribution in [-0.2, 0) is 0 Å². The van der Waals surface area contributed by atoms with Crippen LogP contribution in [0.2, 0.25) is 0 Å². The van der Waals surface area contributed by atoms with Gasteiger partial charge in [0.1, 0.15) is 12.0 Å². The molecule has 0 spiro atoms. The lowest BCUT2D eigenvalue weighted by Gasteiger charge is -2.12. The average molecular weight is 276 g/mol. The summed E-state index contributed by atoms with van der Waals surface area (Å²) < 4.78 is 6.79. The molecule has 0 saturated heterocycles. The molecule has 1 N–H and O–H groups in total. The van der Waals surface area contributed by atoms with Crippen LogP contribution in [0, 0.1) is 13.8 Å². The van der Waals surface area contributed by atoms with Gasteiger partial charge in [0.25, 0.3) is 5.91 Å². The zero-order valence-electron chi connectivity index (χ0n) is 12.5. The van der Waals surface area contributed by atoms with E-state index in [-0.39, 0.29) is 18.0 Å². The maximum Gasteiger partial charge on any atom is 0.255 e. The standard InChI is InChI=1S/C14H20N4O2/c1-8(2)18-11(5)13(10(4)17-18)14(19)16-9(3)12-6-20-7-15-12/h6-9H,1-5H3,(H,16,19). The van der Waals surface area contributed by atoms with Gasteiger partial charge in [0.05, 0.1) is 17.3 Å². The van der Waals surface area contributed by atoms with E-state index in [2.05, 4.69) is 15.4 Å². The van der Waals surface area contributed by atoms with E-state index in [0.717, 1.165) is 11.4 Å². The third kappa shape index (κ3) is 2.59. The zero-order chi connectivity index (χ0) is 14.9. The Morgan fingerprint density at radius 2 is 2.05 bits per heavy atom. The van der Waals surface area contributed by atoms with Gasteiger partial charge < -0.3 is 9.73 Å². The number of hydrogen-bond donors (Lipinski definition) is 1. The highest BCUT2D eigenvalue weighted by atomic mass is 16.3. The number of oxazole rings is 1. The summed E-state index contributed by atoms with van der Waals surface area (Å²) in [6.07, 6.45) is 2.88. The molecule has 1 unspecified atom stereocenters. The molecule has 0 aliphatic rings. The van der Waals surface area contributed by atoms with Crippen molar-refractivity contribution in [1.29, 1.82) is 0 Å². The Labute approximate surface area is 118 Å². The van der Waals surface area contributed by atoms with E-state index in [4.69, 9.17) is 4.42 Å². The smallest absolute Gasteiger partial charge is 0.255 e. The second-order valence-electron chi connectivity index (χ2n) is 5.19. The Bertz CT molecular complexity index is 599. The van der Waals surface area contributed by atoms with Crippen molar-refractivity contribution in [2.24, 2.45) is 0 Å². The zero-order valence-corrected chi connectivity index (χ0v) is 12.5. The number of rotatable bonds is 4. The summed E-state index contributed by atoms with van der Waals surface area (Å²) in [6.45, 7) is 9.71. The van der Waals surface area contributed by atoms with Crippen LogP contribution >= 0.6 is 0 Å². The third-order valence-corrected chi connectivity index (χ3v) is 3.28. The number of hydrogen-bond acceptors (Lipinski definition) is 4. The van der Waals surface area contributed by atoms with Crippen LogP contribution in [-0.4, -0.2) is 20.7 Å². The first kappa shape index (κ1) is 14.3. The minimum atomic E-state index is -0.206. The lowest BCUT2D eigenvalue weighted by molar-refractivity contribution is 0.0938. The van der Waals surface area contributed by atoms with Crippen LogP contribution in [0.4, 0.5) is 0 Å². The number of carbonyl (C=O) groups excluding carboxylic acids is 1. The van der Waals surface area contributed by atoms with Crippen LogP contribution in [0.3, 0.4) is 0 Å². The van der Waals surface area contributed by atoms with E-state index in [1.807, 2.05) is 39.3 Å². The quantitative estimate of drug-likeness (QED) is 0.931. The van der Waals surface area contributed by atoms with Gasteiger partial charge in [0.2, 0.25) is 0 Å². The van der Waals surface area contributed by atoms with Crippen molar-refractivity contribution < 1.29 is 9.21 Å². The first-order valence-electron chi connectivity index (χ1n) is 6.66. The Kier molecular flexibility index (Phi) is 3.92. The van der Waals surface area contributed by atoms with Gasteiger partial charge in [0, 0.05) is 11.7 Å². The molecule has 1 atom stereocenters. The molecule has 6 nitrogen and oxygen atoms in total. The third-order valence-electron chi connectivity index (χ3n) is 3.28. The first-order chi connectivity index (χ1) is 9.41. The number of carbonyl (C=O) groups is 1. The summed E-state index contributed by atoms with van der Waals surface area (Å²) in [4.78, 5) is 16.4. The molecule has 0 aromatic carbocycles. The van der Waals surface area contributed by atoms with E-state index in [1.54, 1.807) is 0 Å². The van der Waals surface area contributed by atoms with Gasteiger partial charge in [-0.1, -0.05) is 0 Å². The number of aromatic nitrogens is 3. The average Bonchev–Trinajstić information content (AvgIpc) is 2.97. The number of nitrogens with one attached hydrogen (secondary N) is 1. The van der Waals surface area contributed by atoms with Crippen molar-refractivity contribution in [3.63, 3.8) is 0 Å². The van der Waals surface area contributed by atoms with Crippen LogP contribution in [0.15, 0.2) is 17.1 Å². The molecule has 2 aromatic heterocycles. The molecule has 6 heteroatoms. The lowest BCUT2D eigenvalue weighted by Crippen LogP contribution is -2.27. The maximum absolute atomic E-state index is 12.4. The second-order valence-corrected chi connectivity index (χ2v) is 5.19. The van der Waals surface area contributed by atoms with Gasteiger partial charge in [-0.15, -0.1) is 0 Å². The SMILES string of the molecule is Cc1nn(C(C)C)c(C)c1C(=O)NC(C)c1cocn1. The van der Waals surface area contributed by atoms with Crippen molar-refractivity contribution in [2.75, 3.05) is 0 Å². The molecular formula is C14H20N4O2. The molecule has 0 radical (unpaired) electrons. The normalized spacial score (nSPS) is 12.7. The van der Waals surface area contributed by atoms with Crippen molar-refractivity contribution >= 4 is 5.91 Å². The molecule has 1 amide bonds. The fourth-order valence-electron chi connectivity index (χ4n) is 2.27. The van der Waals surface area contributed by atoms with E-state index >= 15 is 0 Å². The lowest BCUT2D eigenvalue weighted by atomic mass is 10.1. The fraction of sp³-hybridized carbons (Fsp3) is 0.500.